The Balaban J connectivity index is 0.00000144. The Morgan fingerprint density at radius 2 is 1.69 bits per heavy atom. The predicted octanol–water partition coefficient (Wildman–Crippen LogP) is 1.54. The maximum absolute atomic E-state index is 10.3. The standard InChI is InChI=1S/C8H8O3S.Cr/c9-12(10,11)7-6-8-4-2-1-3-5-8;/h1-7H,(H,9,10,11);. The van der Waals surface area contributed by atoms with Gasteiger partial charge in [0.25, 0.3) is 10.1 Å². The Kier molecular flexibility index (Phi) is 4.96. The molecule has 0 bridgehead atoms. The molecule has 5 heteroatoms. The Morgan fingerprint density at radius 3 is 2.15 bits per heavy atom. The van der Waals surface area contributed by atoms with Gasteiger partial charge in [0, 0.05) is 17.4 Å². The minimum Gasteiger partial charge on any atom is -0.282 e. The molecule has 0 spiro atoms. The number of benzene rings is 1. The monoisotopic (exact) mass is 236 g/mol. The molecule has 0 atom stereocenters. The van der Waals surface area contributed by atoms with E-state index >= 15 is 0 Å². The minimum atomic E-state index is -4.00. The summed E-state index contributed by atoms with van der Waals surface area (Å²) in [6.07, 6.45) is 1.33. The SMILES string of the molecule is O=S(=O)(O)C=Cc1ccccc1.[Cr]. The Bertz CT molecular complexity index is 370. The fourth-order valence-electron chi connectivity index (χ4n) is 0.729. The van der Waals surface area contributed by atoms with Gasteiger partial charge in [0.1, 0.15) is 0 Å². The molecule has 1 aromatic carbocycles. The molecule has 1 rings (SSSR count). The average molecular weight is 236 g/mol. The Hall–Kier alpha value is -0.598. The van der Waals surface area contributed by atoms with E-state index < -0.39 is 10.1 Å². The zero-order chi connectivity index (χ0) is 9.03. The van der Waals surface area contributed by atoms with Crippen LogP contribution < -0.4 is 0 Å². The number of hydrogen-bond acceptors (Lipinski definition) is 2. The van der Waals surface area contributed by atoms with Crippen LogP contribution in [0.15, 0.2) is 35.7 Å². The van der Waals surface area contributed by atoms with Crippen LogP contribution in [0.4, 0.5) is 0 Å². The second kappa shape index (κ2) is 5.20. The van der Waals surface area contributed by atoms with E-state index in [2.05, 4.69) is 0 Å². The van der Waals surface area contributed by atoms with Gasteiger partial charge in [-0.05, 0) is 11.6 Å². The van der Waals surface area contributed by atoms with Crippen molar-refractivity contribution in [3.63, 3.8) is 0 Å². The van der Waals surface area contributed by atoms with Crippen molar-refractivity contribution >= 4 is 16.2 Å². The molecular weight excluding hydrogens is 228 g/mol. The second-order valence-electron chi connectivity index (χ2n) is 2.23. The maximum Gasteiger partial charge on any atom is 0.287 e. The first kappa shape index (κ1) is 12.4. The third kappa shape index (κ3) is 5.61. The van der Waals surface area contributed by atoms with Crippen LogP contribution in [0.1, 0.15) is 5.56 Å². The zero-order valence-corrected chi connectivity index (χ0v) is 8.71. The molecule has 0 amide bonds. The molecule has 0 unspecified atom stereocenters. The fraction of sp³-hybridized carbons (Fsp3) is 0. The van der Waals surface area contributed by atoms with E-state index in [9.17, 15) is 8.42 Å². The van der Waals surface area contributed by atoms with E-state index in [1.165, 1.54) is 6.08 Å². The predicted molar refractivity (Wildman–Crippen MR) is 47.0 cm³/mol. The van der Waals surface area contributed by atoms with Crippen LogP contribution in [0, 0.1) is 0 Å². The van der Waals surface area contributed by atoms with Gasteiger partial charge in [0.2, 0.25) is 0 Å². The first-order valence-corrected chi connectivity index (χ1v) is 4.79. The van der Waals surface area contributed by atoms with Crippen LogP contribution in [0.25, 0.3) is 6.08 Å². The van der Waals surface area contributed by atoms with Crippen LogP contribution in [-0.4, -0.2) is 13.0 Å². The summed E-state index contributed by atoms with van der Waals surface area (Å²) in [6, 6.07) is 8.86. The molecule has 0 fully saturated rings. The summed E-state index contributed by atoms with van der Waals surface area (Å²) in [7, 11) is -4.00. The van der Waals surface area contributed by atoms with E-state index in [0.29, 0.717) is 0 Å². The molecule has 0 saturated carbocycles. The van der Waals surface area contributed by atoms with Crippen molar-refractivity contribution in [3.05, 3.63) is 41.3 Å². The van der Waals surface area contributed by atoms with Crippen LogP contribution in [0.5, 0.6) is 0 Å². The fourth-order valence-corrected chi connectivity index (χ4v) is 1.06. The van der Waals surface area contributed by atoms with Crippen molar-refractivity contribution in [3.8, 4) is 0 Å². The Labute approximate surface area is 88.0 Å². The number of rotatable bonds is 2. The van der Waals surface area contributed by atoms with E-state index in [4.69, 9.17) is 4.55 Å². The smallest absolute Gasteiger partial charge is 0.282 e. The topological polar surface area (TPSA) is 54.4 Å². The van der Waals surface area contributed by atoms with Crippen molar-refractivity contribution in [2.24, 2.45) is 0 Å². The van der Waals surface area contributed by atoms with Gasteiger partial charge in [-0.3, -0.25) is 4.55 Å². The van der Waals surface area contributed by atoms with Gasteiger partial charge in [0.15, 0.2) is 0 Å². The summed E-state index contributed by atoms with van der Waals surface area (Å²) in [5.74, 6) is 0. The first-order chi connectivity index (χ1) is 5.58. The molecule has 0 aromatic heterocycles. The largest absolute Gasteiger partial charge is 0.287 e. The summed E-state index contributed by atoms with van der Waals surface area (Å²) in [6.45, 7) is 0. The normalized spacial score (nSPS) is 11.2. The molecular formula is C8H8CrO3S. The first-order valence-electron chi connectivity index (χ1n) is 3.28. The maximum atomic E-state index is 10.3. The van der Waals surface area contributed by atoms with Crippen LogP contribution in [0.2, 0.25) is 0 Å². The van der Waals surface area contributed by atoms with Gasteiger partial charge >= 0.3 is 0 Å². The third-order valence-corrected chi connectivity index (χ3v) is 1.71. The van der Waals surface area contributed by atoms with Gasteiger partial charge in [0.05, 0.1) is 5.41 Å². The van der Waals surface area contributed by atoms with Crippen molar-refractivity contribution in [1.29, 1.82) is 0 Å². The number of hydrogen-bond donors (Lipinski definition) is 1. The summed E-state index contributed by atoms with van der Waals surface area (Å²) in [5.41, 5.74) is 0.732. The molecule has 0 radical (unpaired) electrons. The van der Waals surface area contributed by atoms with Crippen molar-refractivity contribution in [1.82, 2.24) is 0 Å². The van der Waals surface area contributed by atoms with Gasteiger partial charge in [-0.25, -0.2) is 0 Å². The van der Waals surface area contributed by atoms with Crippen LogP contribution in [0.3, 0.4) is 0 Å². The molecule has 0 aliphatic carbocycles. The molecule has 13 heavy (non-hydrogen) atoms. The van der Waals surface area contributed by atoms with Crippen molar-refractivity contribution in [2.75, 3.05) is 0 Å². The summed E-state index contributed by atoms with van der Waals surface area (Å²) in [4.78, 5) is 0. The molecule has 0 aliphatic rings. The summed E-state index contributed by atoms with van der Waals surface area (Å²) >= 11 is 0. The van der Waals surface area contributed by atoms with Gasteiger partial charge in [-0.2, -0.15) is 8.42 Å². The molecule has 70 valence electrons. The van der Waals surface area contributed by atoms with E-state index in [1.54, 1.807) is 24.3 Å². The van der Waals surface area contributed by atoms with Crippen molar-refractivity contribution < 1.29 is 30.3 Å². The van der Waals surface area contributed by atoms with Crippen LogP contribution in [-0.2, 0) is 27.5 Å². The van der Waals surface area contributed by atoms with E-state index in [-0.39, 0.29) is 17.4 Å². The van der Waals surface area contributed by atoms with Crippen LogP contribution >= 0.6 is 0 Å². The average Bonchev–Trinajstić information content (AvgIpc) is 2.02. The molecule has 0 heterocycles. The van der Waals surface area contributed by atoms with Gasteiger partial charge < -0.3 is 0 Å². The molecule has 3 nitrogen and oxygen atoms in total. The molecule has 1 aromatic rings. The van der Waals surface area contributed by atoms with E-state index in [0.717, 1.165) is 11.0 Å². The summed E-state index contributed by atoms with van der Waals surface area (Å²) in [5, 5.41) is 0.752. The summed E-state index contributed by atoms with van der Waals surface area (Å²) < 4.78 is 28.9. The second-order valence-corrected chi connectivity index (χ2v) is 3.53. The third-order valence-electron chi connectivity index (χ3n) is 1.23. The Morgan fingerprint density at radius 1 is 1.15 bits per heavy atom. The molecule has 0 aliphatic heterocycles. The minimum absolute atomic E-state index is 0. The van der Waals surface area contributed by atoms with Crippen molar-refractivity contribution in [2.45, 2.75) is 0 Å². The zero-order valence-electron chi connectivity index (χ0n) is 6.62. The molecule has 1 N–H and O–H groups in total. The molecule has 0 saturated heterocycles. The van der Waals surface area contributed by atoms with Gasteiger partial charge in [-0.15, -0.1) is 0 Å². The van der Waals surface area contributed by atoms with Gasteiger partial charge in [-0.1, -0.05) is 30.3 Å². The quantitative estimate of drug-likeness (QED) is 0.792. The van der Waals surface area contributed by atoms with E-state index in [1.807, 2.05) is 6.07 Å².